The zero-order chi connectivity index (χ0) is 24.7. The van der Waals surface area contributed by atoms with Crippen LogP contribution in [-0.4, -0.2) is 17.7 Å². The molecular formula is C31H36O4. The topological polar surface area (TPSA) is 55.8 Å². The molecule has 35 heavy (non-hydrogen) atoms. The van der Waals surface area contributed by atoms with Crippen LogP contribution in [0.5, 0.6) is 11.5 Å². The summed E-state index contributed by atoms with van der Waals surface area (Å²) < 4.78 is 12.4. The van der Waals surface area contributed by atoms with Gasteiger partial charge in [-0.1, -0.05) is 74.5 Å². The molecule has 0 saturated carbocycles. The molecule has 1 aliphatic carbocycles. The summed E-state index contributed by atoms with van der Waals surface area (Å²) in [5.74, 6) is 0.0206. The third kappa shape index (κ3) is 6.88. The van der Waals surface area contributed by atoms with Crippen molar-refractivity contribution < 1.29 is 19.4 Å². The van der Waals surface area contributed by atoms with Crippen LogP contribution < -0.4 is 9.47 Å². The summed E-state index contributed by atoms with van der Waals surface area (Å²) >= 11 is 0. The SMILES string of the molecule is CC1(C)Cc2cc(OCCCCCc3ccccc3)cc(OCc3ccccc3)c2C(C(=O)O)C1. The number of carboxylic acids is 1. The molecule has 3 aromatic rings. The van der Waals surface area contributed by atoms with Gasteiger partial charge >= 0.3 is 5.97 Å². The molecule has 184 valence electrons. The number of carboxylic acid groups (broad SMARTS) is 1. The van der Waals surface area contributed by atoms with Crippen LogP contribution in [0, 0.1) is 5.41 Å². The molecule has 3 aromatic carbocycles. The number of ether oxygens (including phenoxy) is 2. The van der Waals surface area contributed by atoms with Gasteiger partial charge in [0.05, 0.1) is 12.5 Å². The number of aliphatic carboxylic acids is 1. The highest BCUT2D eigenvalue weighted by molar-refractivity contribution is 5.79. The van der Waals surface area contributed by atoms with Crippen LogP contribution in [0.25, 0.3) is 0 Å². The minimum Gasteiger partial charge on any atom is -0.493 e. The van der Waals surface area contributed by atoms with E-state index in [1.54, 1.807) is 0 Å². The smallest absolute Gasteiger partial charge is 0.311 e. The Labute approximate surface area is 208 Å². The van der Waals surface area contributed by atoms with Crippen molar-refractivity contribution in [2.75, 3.05) is 6.61 Å². The normalized spacial score (nSPS) is 16.3. The van der Waals surface area contributed by atoms with Crippen LogP contribution in [-0.2, 0) is 24.2 Å². The zero-order valence-electron chi connectivity index (χ0n) is 20.8. The Balaban J connectivity index is 1.45. The highest BCUT2D eigenvalue weighted by Gasteiger charge is 2.38. The van der Waals surface area contributed by atoms with Crippen molar-refractivity contribution in [2.24, 2.45) is 5.41 Å². The van der Waals surface area contributed by atoms with Gasteiger partial charge in [0, 0.05) is 11.6 Å². The highest BCUT2D eigenvalue weighted by atomic mass is 16.5. The average molecular weight is 473 g/mol. The predicted molar refractivity (Wildman–Crippen MR) is 139 cm³/mol. The Morgan fingerprint density at radius 3 is 2.29 bits per heavy atom. The van der Waals surface area contributed by atoms with E-state index in [1.165, 1.54) is 5.56 Å². The largest absolute Gasteiger partial charge is 0.493 e. The molecule has 1 N–H and O–H groups in total. The summed E-state index contributed by atoms with van der Waals surface area (Å²) in [6.45, 7) is 5.30. The van der Waals surface area contributed by atoms with E-state index in [1.807, 2.05) is 48.5 Å². The summed E-state index contributed by atoms with van der Waals surface area (Å²) in [6, 6.07) is 24.5. The van der Waals surface area contributed by atoms with Crippen molar-refractivity contribution in [1.29, 1.82) is 0 Å². The second-order valence-electron chi connectivity index (χ2n) is 10.3. The average Bonchev–Trinajstić information content (AvgIpc) is 2.84. The van der Waals surface area contributed by atoms with Gasteiger partial charge in [0.15, 0.2) is 0 Å². The number of rotatable bonds is 11. The molecule has 0 bridgehead atoms. The molecule has 0 saturated heterocycles. The minimum atomic E-state index is -0.796. The van der Waals surface area contributed by atoms with Crippen molar-refractivity contribution in [3.8, 4) is 11.5 Å². The Kier molecular flexibility index (Phi) is 8.12. The summed E-state index contributed by atoms with van der Waals surface area (Å²) in [5, 5.41) is 10.0. The maximum atomic E-state index is 12.2. The first-order chi connectivity index (χ1) is 16.9. The summed E-state index contributed by atoms with van der Waals surface area (Å²) in [7, 11) is 0. The number of hydrogen-bond acceptors (Lipinski definition) is 3. The van der Waals surface area contributed by atoms with Crippen molar-refractivity contribution in [1.82, 2.24) is 0 Å². The van der Waals surface area contributed by atoms with Crippen LogP contribution in [0.15, 0.2) is 72.8 Å². The molecule has 0 radical (unpaired) electrons. The molecule has 1 aliphatic rings. The van der Waals surface area contributed by atoms with E-state index in [9.17, 15) is 9.90 Å². The Bertz CT molecular complexity index is 1110. The van der Waals surface area contributed by atoms with Crippen molar-refractivity contribution >= 4 is 5.97 Å². The van der Waals surface area contributed by atoms with Gasteiger partial charge < -0.3 is 14.6 Å². The fourth-order valence-corrected chi connectivity index (χ4v) is 5.03. The monoisotopic (exact) mass is 472 g/mol. The Hall–Kier alpha value is -3.27. The van der Waals surface area contributed by atoms with Crippen LogP contribution in [0.3, 0.4) is 0 Å². The van der Waals surface area contributed by atoms with Gasteiger partial charge in [0.1, 0.15) is 18.1 Å². The lowest BCUT2D eigenvalue weighted by Gasteiger charge is -2.36. The van der Waals surface area contributed by atoms with Crippen LogP contribution in [0.4, 0.5) is 0 Å². The summed E-state index contributed by atoms with van der Waals surface area (Å²) in [5.41, 5.74) is 4.16. The highest BCUT2D eigenvalue weighted by Crippen LogP contribution is 2.47. The lowest BCUT2D eigenvalue weighted by molar-refractivity contribution is -0.140. The maximum Gasteiger partial charge on any atom is 0.311 e. The number of hydrogen-bond donors (Lipinski definition) is 1. The molecule has 4 rings (SSSR count). The van der Waals surface area contributed by atoms with Gasteiger partial charge in [-0.2, -0.15) is 0 Å². The second kappa shape index (κ2) is 11.4. The summed E-state index contributed by atoms with van der Waals surface area (Å²) in [6.07, 6.45) is 5.71. The third-order valence-electron chi connectivity index (χ3n) is 6.73. The second-order valence-corrected chi connectivity index (χ2v) is 10.3. The number of carbonyl (C=O) groups is 1. The van der Waals surface area contributed by atoms with E-state index in [2.05, 4.69) is 38.1 Å². The van der Waals surface area contributed by atoms with E-state index in [-0.39, 0.29) is 5.41 Å². The van der Waals surface area contributed by atoms with Crippen molar-refractivity contribution in [2.45, 2.75) is 64.9 Å². The number of fused-ring (bicyclic) bond motifs is 1. The van der Waals surface area contributed by atoms with Crippen LogP contribution >= 0.6 is 0 Å². The van der Waals surface area contributed by atoms with E-state index < -0.39 is 11.9 Å². The first-order valence-electron chi connectivity index (χ1n) is 12.6. The Morgan fingerprint density at radius 2 is 1.60 bits per heavy atom. The van der Waals surface area contributed by atoms with Crippen LogP contribution in [0.1, 0.15) is 67.7 Å². The van der Waals surface area contributed by atoms with E-state index >= 15 is 0 Å². The number of aryl methyl sites for hydroxylation is 1. The van der Waals surface area contributed by atoms with Gasteiger partial charge in [-0.15, -0.1) is 0 Å². The number of benzene rings is 3. The quantitative estimate of drug-likeness (QED) is 0.300. The molecule has 0 aromatic heterocycles. The molecule has 0 heterocycles. The van der Waals surface area contributed by atoms with Gasteiger partial charge in [0.25, 0.3) is 0 Å². The standard InChI is InChI=1S/C31H36O4/c1-31(2)20-25-18-26(34-17-11-5-10-14-23-12-6-3-7-13-23)19-28(29(25)27(21-31)30(32)33)35-22-24-15-8-4-9-16-24/h3-4,6-9,12-13,15-16,18-19,27H,5,10-11,14,17,20-22H2,1-2H3,(H,32,33). The van der Waals surface area contributed by atoms with Crippen LogP contribution in [0.2, 0.25) is 0 Å². The predicted octanol–water partition coefficient (Wildman–Crippen LogP) is 7.20. The molecule has 0 amide bonds. The van der Waals surface area contributed by atoms with E-state index in [0.717, 1.165) is 54.5 Å². The van der Waals surface area contributed by atoms with Gasteiger partial charge in [-0.3, -0.25) is 4.79 Å². The molecule has 0 spiro atoms. The fourth-order valence-electron chi connectivity index (χ4n) is 5.03. The third-order valence-corrected chi connectivity index (χ3v) is 6.73. The molecule has 1 atom stereocenters. The number of unbranched alkanes of at least 4 members (excludes halogenated alkanes) is 2. The lowest BCUT2D eigenvalue weighted by Crippen LogP contribution is -2.30. The molecule has 4 nitrogen and oxygen atoms in total. The molecule has 0 aliphatic heterocycles. The fraction of sp³-hybridized carbons (Fsp3) is 0.387. The summed E-state index contributed by atoms with van der Waals surface area (Å²) in [4.78, 5) is 12.2. The van der Waals surface area contributed by atoms with Gasteiger partial charge in [-0.05, 0) is 66.7 Å². The zero-order valence-corrected chi connectivity index (χ0v) is 20.8. The van der Waals surface area contributed by atoms with E-state index in [0.29, 0.717) is 25.4 Å². The first kappa shape index (κ1) is 24.8. The minimum absolute atomic E-state index is 0.0944. The maximum absolute atomic E-state index is 12.2. The lowest BCUT2D eigenvalue weighted by atomic mass is 9.69. The Morgan fingerprint density at radius 1 is 0.914 bits per heavy atom. The molecule has 1 unspecified atom stereocenters. The van der Waals surface area contributed by atoms with Gasteiger partial charge in [-0.25, -0.2) is 0 Å². The molecular weight excluding hydrogens is 436 g/mol. The van der Waals surface area contributed by atoms with Gasteiger partial charge in [0.2, 0.25) is 0 Å². The van der Waals surface area contributed by atoms with E-state index in [4.69, 9.17) is 9.47 Å². The molecule has 0 fully saturated rings. The molecule has 4 heteroatoms. The first-order valence-corrected chi connectivity index (χ1v) is 12.6. The van der Waals surface area contributed by atoms with Crippen molar-refractivity contribution in [3.05, 3.63) is 95.1 Å². The van der Waals surface area contributed by atoms with Crippen molar-refractivity contribution in [3.63, 3.8) is 0 Å².